The van der Waals surface area contributed by atoms with Gasteiger partial charge in [-0.1, -0.05) is 0 Å². The van der Waals surface area contributed by atoms with Crippen molar-refractivity contribution < 1.29 is 17.9 Å². The molecule has 1 N–H and O–H groups in total. The highest BCUT2D eigenvalue weighted by atomic mass is 19.1. The molecule has 0 aliphatic rings. The van der Waals surface area contributed by atoms with Crippen LogP contribution >= 0.6 is 0 Å². The van der Waals surface area contributed by atoms with Crippen LogP contribution in [0.2, 0.25) is 0 Å². The number of rotatable bonds is 6. The van der Waals surface area contributed by atoms with E-state index >= 15 is 0 Å². The first kappa shape index (κ1) is 13.6. The molecule has 1 heterocycles. The van der Waals surface area contributed by atoms with Crippen molar-refractivity contribution in [2.45, 2.75) is 6.54 Å². The van der Waals surface area contributed by atoms with E-state index in [1.807, 2.05) is 0 Å². The molecule has 4 nitrogen and oxygen atoms in total. The molecule has 0 saturated heterocycles. The minimum Gasteiger partial charge on any atom is -0.443 e. The lowest BCUT2D eigenvalue weighted by Gasteiger charge is -2.04. The van der Waals surface area contributed by atoms with Crippen LogP contribution in [0.25, 0.3) is 11.3 Å². The molecule has 0 fully saturated rings. The third kappa shape index (κ3) is 3.59. The Morgan fingerprint density at radius 2 is 2.00 bits per heavy atom. The summed E-state index contributed by atoms with van der Waals surface area (Å²) in [6, 6.07) is 3.24. The molecule has 0 aliphatic heterocycles. The number of ether oxygens (including phenoxy) is 1. The lowest BCUT2D eigenvalue weighted by Crippen LogP contribution is -2.19. The number of halogens is 2. The summed E-state index contributed by atoms with van der Waals surface area (Å²) in [5.74, 6) is -0.933. The quantitative estimate of drug-likeness (QED) is 0.817. The van der Waals surface area contributed by atoms with Crippen LogP contribution in [0.5, 0.6) is 0 Å². The van der Waals surface area contributed by atoms with E-state index in [4.69, 9.17) is 9.15 Å². The normalized spacial score (nSPS) is 10.9. The van der Waals surface area contributed by atoms with Crippen molar-refractivity contribution in [1.82, 2.24) is 10.3 Å². The van der Waals surface area contributed by atoms with Crippen molar-refractivity contribution in [2.75, 3.05) is 20.3 Å². The first-order valence-corrected chi connectivity index (χ1v) is 5.79. The van der Waals surface area contributed by atoms with Gasteiger partial charge in [0.15, 0.2) is 12.2 Å². The van der Waals surface area contributed by atoms with Gasteiger partial charge in [-0.3, -0.25) is 0 Å². The second-order valence-corrected chi connectivity index (χ2v) is 3.96. The molecule has 0 unspecified atom stereocenters. The minimum atomic E-state index is -0.648. The molecule has 19 heavy (non-hydrogen) atoms. The molecular weight excluding hydrogens is 254 g/mol. The van der Waals surface area contributed by atoms with Crippen LogP contribution < -0.4 is 5.32 Å². The van der Waals surface area contributed by atoms with Gasteiger partial charge in [0, 0.05) is 31.8 Å². The monoisotopic (exact) mass is 268 g/mol. The van der Waals surface area contributed by atoms with E-state index in [1.54, 1.807) is 7.11 Å². The summed E-state index contributed by atoms with van der Waals surface area (Å²) in [6.45, 7) is 1.66. The van der Waals surface area contributed by atoms with Gasteiger partial charge in [-0.05, 0) is 12.1 Å². The number of nitrogens with one attached hydrogen (secondary N) is 1. The van der Waals surface area contributed by atoms with E-state index in [-0.39, 0.29) is 0 Å². The van der Waals surface area contributed by atoms with Gasteiger partial charge in [0.2, 0.25) is 0 Å². The highest BCUT2D eigenvalue weighted by molar-refractivity contribution is 5.59. The van der Waals surface area contributed by atoms with Crippen LogP contribution in [0.4, 0.5) is 8.78 Å². The van der Waals surface area contributed by atoms with Gasteiger partial charge in [0.25, 0.3) is 0 Å². The zero-order valence-electron chi connectivity index (χ0n) is 10.5. The Kier molecular flexibility index (Phi) is 4.59. The SMILES string of the molecule is COCCNCc1ncoc1-c1cc(F)cc(F)c1. The van der Waals surface area contributed by atoms with Crippen molar-refractivity contribution in [3.63, 3.8) is 0 Å². The average Bonchev–Trinajstić information content (AvgIpc) is 2.82. The standard InChI is InChI=1S/C13H14F2N2O2/c1-18-3-2-16-7-12-13(19-8-17-12)9-4-10(14)6-11(15)5-9/h4-6,8,16H,2-3,7H2,1H3. The third-order valence-electron chi connectivity index (χ3n) is 2.54. The molecule has 0 spiro atoms. The van der Waals surface area contributed by atoms with E-state index < -0.39 is 11.6 Å². The van der Waals surface area contributed by atoms with Gasteiger partial charge in [-0.2, -0.15) is 0 Å². The van der Waals surface area contributed by atoms with Crippen LogP contribution in [-0.4, -0.2) is 25.2 Å². The summed E-state index contributed by atoms with van der Waals surface area (Å²) in [5, 5.41) is 3.09. The van der Waals surface area contributed by atoms with Crippen molar-refractivity contribution >= 4 is 0 Å². The second-order valence-electron chi connectivity index (χ2n) is 3.96. The summed E-state index contributed by atoms with van der Waals surface area (Å²) in [5.41, 5.74) is 0.930. The number of oxazole rings is 1. The Balaban J connectivity index is 2.14. The first-order chi connectivity index (χ1) is 9.20. The maximum atomic E-state index is 13.2. The number of hydrogen-bond donors (Lipinski definition) is 1. The van der Waals surface area contributed by atoms with Crippen LogP contribution in [0, 0.1) is 11.6 Å². The van der Waals surface area contributed by atoms with Crippen molar-refractivity contribution in [1.29, 1.82) is 0 Å². The molecule has 2 aromatic rings. The molecule has 1 aromatic carbocycles. The Bertz CT molecular complexity index is 523. The topological polar surface area (TPSA) is 47.3 Å². The maximum absolute atomic E-state index is 13.2. The molecule has 0 amide bonds. The highest BCUT2D eigenvalue weighted by Crippen LogP contribution is 2.24. The molecule has 0 radical (unpaired) electrons. The van der Waals surface area contributed by atoms with Gasteiger partial charge in [-0.25, -0.2) is 13.8 Å². The lowest BCUT2D eigenvalue weighted by molar-refractivity contribution is 0.199. The summed E-state index contributed by atoms with van der Waals surface area (Å²) in [7, 11) is 1.61. The number of benzene rings is 1. The van der Waals surface area contributed by atoms with Gasteiger partial charge in [-0.15, -0.1) is 0 Å². The molecule has 0 bridgehead atoms. The van der Waals surface area contributed by atoms with Crippen molar-refractivity contribution in [3.05, 3.63) is 41.9 Å². The zero-order chi connectivity index (χ0) is 13.7. The number of hydrogen-bond acceptors (Lipinski definition) is 4. The van der Waals surface area contributed by atoms with Crippen LogP contribution in [0.15, 0.2) is 29.0 Å². The van der Waals surface area contributed by atoms with Crippen LogP contribution in [0.3, 0.4) is 0 Å². The van der Waals surface area contributed by atoms with E-state index in [9.17, 15) is 8.78 Å². The fourth-order valence-corrected chi connectivity index (χ4v) is 1.70. The Labute approximate surface area is 109 Å². The van der Waals surface area contributed by atoms with Crippen molar-refractivity contribution in [3.8, 4) is 11.3 Å². The number of nitrogens with zero attached hydrogens (tertiary/aromatic N) is 1. The molecule has 2 rings (SSSR count). The Morgan fingerprint density at radius 1 is 1.26 bits per heavy atom. The van der Waals surface area contributed by atoms with Gasteiger partial charge in [0.05, 0.1) is 6.61 Å². The van der Waals surface area contributed by atoms with E-state index in [1.165, 1.54) is 18.5 Å². The summed E-state index contributed by atoms with van der Waals surface area (Å²) in [4.78, 5) is 4.03. The highest BCUT2D eigenvalue weighted by Gasteiger charge is 2.12. The second kappa shape index (κ2) is 6.40. The molecule has 0 saturated carbocycles. The minimum absolute atomic E-state index is 0.332. The number of aromatic nitrogens is 1. The first-order valence-electron chi connectivity index (χ1n) is 5.79. The molecule has 0 aliphatic carbocycles. The van der Waals surface area contributed by atoms with Gasteiger partial charge < -0.3 is 14.5 Å². The van der Waals surface area contributed by atoms with E-state index in [0.29, 0.717) is 36.7 Å². The van der Waals surface area contributed by atoms with Gasteiger partial charge in [0.1, 0.15) is 17.3 Å². The van der Waals surface area contributed by atoms with Crippen LogP contribution in [-0.2, 0) is 11.3 Å². The molecular formula is C13H14F2N2O2. The molecule has 102 valence electrons. The predicted octanol–water partition coefficient (Wildman–Crippen LogP) is 2.36. The fourth-order valence-electron chi connectivity index (χ4n) is 1.70. The zero-order valence-corrected chi connectivity index (χ0v) is 10.5. The Hall–Kier alpha value is -1.79. The van der Waals surface area contributed by atoms with Crippen molar-refractivity contribution in [2.24, 2.45) is 0 Å². The largest absolute Gasteiger partial charge is 0.443 e. The summed E-state index contributed by atoms with van der Waals surface area (Å²) >= 11 is 0. The fraction of sp³-hybridized carbons (Fsp3) is 0.308. The van der Waals surface area contributed by atoms with Gasteiger partial charge >= 0.3 is 0 Å². The summed E-state index contributed by atoms with van der Waals surface area (Å²) < 4.78 is 36.4. The maximum Gasteiger partial charge on any atom is 0.181 e. The summed E-state index contributed by atoms with van der Waals surface area (Å²) in [6.07, 6.45) is 1.26. The number of methoxy groups -OCH3 is 1. The predicted molar refractivity (Wildman–Crippen MR) is 65.4 cm³/mol. The smallest absolute Gasteiger partial charge is 0.181 e. The molecule has 6 heteroatoms. The third-order valence-corrected chi connectivity index (χ3v) is 2.54. The van der Waals surface area contributed by atoms with E-state index in [2.05, 4.69) is 10.3 Å². The Morgan fingerprint density at radius 3 is 2.68 bits per heavy atom. The average molecular weight is 268 g/mol. The van der Waals surface area contributed by atoms with Crippen LogP contribution in [0.1, 0.15) is 5.69 Å². The molecule has 0 atom stereocenters. The lowest BCUT2D eigenvalue weighted by atomic mass is 10.1. The molecule has 1 aromatic heterocycles. The van der Waals surface area contributed by atoms with E-state index in [0.717, 1.165) is 6.07 Å².